The number of hydrogen-bond donors (Lipinski definition) is 2. The van der Waals surface area contributed by atoms with E-state index >= 15 is 0 Å². The van der Waals surface area contributed by atoms with E-state index in [4.69, 9.17) is 4.65 Å². The van der Waals surface area contributed by atoms with Gasteiger partial charge in [0.25, 0.3) is 0 Å². The van der Waals surface area contributed by atoms with Crippen molar-refractivity contribution in [2.24, 2.45) is 0 Å². The van der Waals surface area contributed by atoms with Gasteiger partial charge in [-0.05, 0) is 62.0 Å². The van der Waals surface area contributed by atoms with Gasteiger partial charge in [-0.15, -0.1) is 0 Å². The smallest absolute Gasteiger partial charge is 0.402 e. The van der Waals surface area contributed by atoms with E-state index in [1.165, 1.54) is 58.2 Å². The van der Waals surface area contributed by atoms with Gasteiger partial charge in [0.15, 0.2) is 0 Å². The summed E-state index contributed by atoms with van der Waals surface area (Å²) < 4.78 is 5.93. The van der Waals surface area contributed by atoms with Gasteiger partial charge in [-0.1, -0.05) is 138 Å². The molecule has 2 N–H and O–H groups in total. The minimum absolute atomic E-state index is 0.102. The van der Waals surface area contributed by atoms with E-state index in [9.17, 15) is 10.0 Å². The van der Waals surface area contributed by atoms with Gasteiger partial charge in [0.05, 0.1) is 0 Å². The Hall–Kier alpha value is -2.44. The van der Waals surface area contributed by atoms with Crippen LogP contribution in [0.25, 0.3) is 0 Å². The van der Waals surface area contributed by atoms with Crippen molar-refractivity contribution >= 4 is 7.32 Å². The molecule has 3 rings (SSSR count). The first-order valence-electron chi connectivity index (χ1n) is 15.0. The first-order chi connectivity index (χ1) is 19.0. The monoisotopic (exact) mass is 531 g/mol. The number of benzene rings is 3. The van der Waals surface area contributed by atoms with Crippen molar-refractivity contribution in [3.8, 4) is 0 Å². The Kier molecular flexibility index (Phi) is 15.8. The Labute approximate surface area is 238 Å². The molecule has 0 saturated heterocycles. The highest BCUT2D eigenvalue weighted by Gasteiger charge is 2.45. The van der Waals surface area contributed by atoms with Gasteiger partial charge in [-0.2, -0.15) is 0 Å². The van der Waals surface area contributed by atoms with Crippen molar-refractivity contribution in [3.05, 3.63) is 108 Å². The third-order valence-electron chi connectivity index (χ3n) is 7.28. The molecule has 0 saturated carbocycles. The number of rotatable bonds is 16. The average molecular weight is 532 g/mol. The van der Waals surface area contributed by atoms with Crippen molar-refractivity contribution in [1.82, 2.24) is 4.90 Å². The summed E-state index contributed by atoms with van der Waals surface area (Å²) in [5, 5.41) is 19.7. The molecule has 3 aromatic rings. The van der Waals surface area contributed by atoms with Crippen LogP contribution >= 0.6 is 0 Å². The fourth-order valence-electron chi connectivity index (χ4n) is 5.25. The second kappa shape index (κ2) is 18.8. The minimum atomic E-state index is -1.90. The van der Waals surface area contributed by atoms with Crippen LogP contribution in [0.1, 0.15) is 95.2 Å². The van der Waals surface area contributed by atoms with Gasteiger partial charge in [-0.25, -0.2) is 0 Å². The third kappa shape index (κ3) is 10.2. The Morgan fingerprint density at radius 1 is 0.641 bits per heavy atom. The Bertz CT molecular complexity index is 927. The highest BCUT2D eigenvalue weighted by Crippen LogP contribution is 2.47. The standard InChI is InChI=1S/C22H23BO3.C12H27N/c1-2-21(18-12-6-3-7-13-18)22(26-23(24)25,19-14-8-4-9-15-19)20-16-10-5-11-17-20;1-4-7-10-13(11-8-5-2)12-9-6-3/h3-17,21,24-25H,2H2,1H3;4-12H2,1-3H3. The predicted octanol–water partition coefficient (Wildman–Crippen LogP) is 7.80. The second-order valence-electron chi connectivity index (χ2n) is 10.2. The number of nitrogens with zero attached hydrogens (tertiary/aromatic N) is 1. The molecule has 212 valence electrons. The molecule has 0 fully saturated rings. The van der Waals surface area contributed by atoms with Crippen LogP contribution < -0.4 is 0 Å². The average Bonchev–Trinajstić information content (AvgIpc) is 2.98. The summed E-state index contributed by atoms with van der Waals surface area (Å²) in [6.07, 6.45) is 8.85. The number of unbranched alkanes of at least 4 members (excludes halogenated alkanes) is 3. The van der Waals surface area contributed by atoms with Crippen LogP contribution in [-0.2, 0) is 10.3 Å². The lowest BCUT2D eigenvalue weighted by atomic mass is 9.71. The van der Waals surface area contributed by atoms with Gasteiger partial charge in [0.2, 0.25) is 0 Å². The minimum Gasteiger partial charge on any atom is -0.402 e. The first kappa shape index (κ1) is 32.8. The van der Waals surface area contributed by atoms with E-state index in [1.54, 1.807) is 0 Å². The van der Waals surface area contributed by atoms with Crippen LogP contribution in [0.2, 0.25) is 0 Å². The largest absolute Gasteiger partial charge is 0.634 e. The van der Waals surface area contributed by atoms with Crippen LogP contribution in [-0.4, -0.2) is 41.9 Å². The van der Waals surface area contributed by atoms with Crippen molar-refractivity contribution in [1.29, 1.82) is 0 Å². The zero-order valence-corrected chi connectivity index (χ0v) is 24.6. The molecule has 1 unspecified atom stereocenters. The summed E-state index contributed by atoms with van der Waals surface area (Å²) in [4.78, 5) is 2.64. The molecule has 3 aromatic carbocycles. The molecular formula is C34H50BNO3. The van der Waals surface area contributed by atoms with Crippen molar-refractivity contribution in [2.45, 2.75) is 84.2 Å². The highest BCUT2D eigenvalue weighted by molar-refractivity contribution is 6.32. The molecule has 39 heavy (non-hydrogen) atoms. The summed E-state index contributed by atoms with van der Waals surface area (Å²) >= 11 is 0. The van der Waals surface area contributed by atoms with Crippen molar-refractivity contribution in [2.75, 3.05) is 19.6 Å². The van der Waals surface area contributed by atoms with E-state index in [-0.39, 0.29) is 5.92 Å². The number of hydrogen-bond acceptors (Lipinski definition) is 4. The molecule has 4 nitrogen and oxygen atoms in total. The Morgan fingerprint density at radius 3 is 1.36 bits per heavy atom. The van der Waals surface area contributed by atoms with Gasteiger partial charge in [0, 0.05) is 5.92 Å². The molecule has 0 radical (unpaired) electrons. The lowest BCUT2D eigenvalue weighted by Crippen LogP contribution is -2.43. The second-order valence-corrected chi connectivity index (χ2v) is 10.2. The quantitative estimate of drug-likeness (QED) is 0.185. The van der Waals surface area contributed by atoms with Gasteiger partial charge < -0.3 is 19.6 Å². The van der Waals surface area contributed by atoms with E-state index in [1.807, 2.05) is 78.9 Å². The maximum absolute atomic E-state index is 9.84. The molecule has 0 bridgehead atoms. The Balaban J connectivity index is 0.000000349. The predicted molar refractivity (Wildman–Crippen MR) is 166 cm³/mol. The SMILES string of the molecule is CCC(c1ccccc1)C(OB(O)O)(c1ccccc1)c1ccccc1.CCCCN(CCCC)CCCC. The zero-order valence-electron chi connectivity index (χ0n) is 24.6. The Morgan fingerprint density at radius 2 is 1.03 bits per heavy atom. The van der Waals surface area contributed by atoms with Gasteiger partial charge in [-0.3, -0.25) is 0 Å². The van der Waals surface area contributed by atoms with Crippen molar-refractivity contribution < 1.29 is 14.7 Å². The van der Waals surface area contributed by atoms with Gasteiger partial charge in [0.1, 0.15) is 5.60 Å². The van der Waals surface area contributed by atoms with E-state index < -0.39 is 12.9 Å². The lowest BCUT2D eigenvalue weighted by Gasteiger charge is -2.42. The molecule has 0 heterocycles. The summed E-state index contributed by atoms with van der Waals surface area (Å²) in [5.41, 5.74) is 1.83. The topological polar surface area (TPSA) is 52.9 Å². The molecule has 0 amide bonds. The third-order valence-corrected chi connectivity index (χ3v) is 7.28. The molecular weight excluding hydrogens is 481 g/mol. The zero-order chi connectivity index (χ0) is 28.3. The summed E-state index contributed by atoms with van der Waals surface area (Å²) in [5.74, 6) is -0.102. The van der Waals surface area contributed by atoms with Crippen LogP contribution in [0.15, 0.2) is 91.0 Å². The fourth-order valence-corrected chi connectivity index (χ4v) is 5.25. The van der Waals surface area contributed by atoms with Crippen LogP contribution in [0, 0.1) is 0 Å². The molecule has 0 aliphatic heterocycles. The normalized spacial score (nSPS) is 12.1. The lowest BCUT2D eigenvalue weighted by molar-refractivity contribution is 0.0242. The molecule has 0 aliphatic rings. The van der Waals surface area contributed by atoms with E-state index in [2.05, 4.69) is 44.7 Å². The highest BCUT2D eigenvalue weighted by atomic mass is 16.6. The maximum Gasteiger partial charge on any atom is 0.634 e. The van der Waals surface area contributed by atoms with Crippen molar-refractivity contribution in [3.63, 3.8) is 0 Å². The van der Waals surface area contributed by atoms with E-state index in [0.29, 0.717) is 0 Å². The van der Waals surface area contributed by atoms with Crippen LogP contribution in [0.4, 0.5) is 0 Å². The van der Waals surface area contributed by atoms with Crippen LogP contribution in [0.3, 0.4) is 0 Å². The molecule has 0 aliphatic carbocycles. The maximum atomic E-state index is 9.84. The summed E-state index contributed by atoms with van der Waals surface area (Å²) in [7, 11) is -1.90. The first-order valence-corrected chi connectivity index (χ1v) is 15.0. The molecule has 5 heteroatoms. The van der Waals surface area contributed by atoms with Crippen LogP contribution in [0.5, 0.6) is 0 Å². The summed E-state index contributed by atoms with van der Waals surface area (Å²) in [6, 6.07) is 29.6. The van der Waals surface area contributed by atoms with E-state index in [0.717, 1.165) is 23.1 Å². The molecule has 1 atom stereocenters. The fraction of sp³-hybridized carbons (Fsp3) is 0.471. The molecule has 0 spiro atoms. The van der Waals surface area contributed by atoms with Gasteiger partial charge >= 0.3 is 7.32 Å². The summed E-state index contributed by atoms with van der Waals surface area (Å²) in [6.45, 7) is 12.9. The molecule has 0 aromatic heterocycles.